The lowest BCUT2D eigenvalue weighted by Crippen LogP contribution is -2.12. The van der Waals surface area contributed by atoms with E-state index in [-0.39, 0.29) is 5.92 Å². The van der Waals surface area contributed by atoms with Gasteiger partial charge in [-0.2, -0.15) is 0 Å². The molecule has 3 aromatic heterocycles. The zero-order chi connectivity index (χ0) is 23.7. The van der Waals surface area contributed by atoms with Gasteiger partial charge in [0.2, 0.25) is 0 Å². The second-order valence-corrected chi connectivity index (χ2v) is 8.81. The lowest BCUT2D eigenvalue weighted by Gasteiger charge is -2.09. The highest BCUT2D eigenvalue weighted by Crippen LogP contribution is 2.32. The number of rotatable bonds is 4. The molecule has 4 N–H and O–H groups in total. The summed E-state index contributed by atoms with van der Waals surface area (Å²) in [5.74, 6) is 0.130. The Bertz CT molecular complexity index is 1400. The molecule has 2 aliphatic carbocycles. The molecule has 0 aliphatic heterocycles. The van der Waals surface area contributed by atoms with E-state index < -0.39 is 0 Å². The number of fused-ring (bicyclic) bond motifs is 1. The highest BCUT2D eigenvalue weighted by molar-refractivity contribution is 6.14. The predicted molar refractivity (Wildman–Crippen MR) is 138 cm³/mol. The molecule has 34 heavy (non-hydrogen) atoms. The van der Waals surface area contributed by atoms with Crippen LogP contribution in [0.4, 0.5) is 0 Å². The quantitative estimate of drug-likeness (QED) is 0.456. The molecule has 1 atom stereocenters. The molecule has 5 nitrogen and oxygen atoms in total. The number of aromatic amines is 1. The molecule has 3 heterocycles. The molecular formula is C29H27N5. The normalized spacial score (nSPS) is 17.8. The SMILES string of the molecule is CC1=CC=C(c2ccccn2)c2cc(C(=N)C3=CC(c4ccccn4)=C[C@H](C)C=C3N)[nH]c2C1. The number of aromatic nitrogens is 3. The summed E-state index contributed by atoms with van der Waals surface area (Å²) in [4.78, 5) is 12.6. The molecule has 2 aliphatic rings. The van der Waals surface area contributed by atoms with Gasteiger partial charge in [0.15, 0.2) is 0 Å². The fourth-order valence-corrected chi connectivity index (χ4v) is 4.46. The molecule has 0 bridgehead atoms. The summed E-state index contributed by atoms with van der Waals surface area (Å²) in [5.41, 5.74) is 16.0. The smallest absolute Gasteiger partial charge is 0.0867 e. The van der Waals surface area contributed by atoms with Crippen LogP contribution in [-0.2, 0) is 6.42 Å². The molecule has 0 spiro atoms. The maximum atomic E-state index is 9.11. The van der Waals surface area contributed by atoms with Crippen molar-refractivity contribution < 1.29 is 0 Å². The number of hydrogen-bond acceptors (Lipinski definition) is 4. The average molecular weight is 446 g/mol. The van der Waals surface area contributed by atoms with Crippen LogP contribution >= 0.6 is 0 Å². The lowest BCUT2D eigenvalue weighted by atomic mass is 9.99. The topological polar surface area (TPSA) is 91.4 Å². The Morgan fingerprint density at radius 2 is 1.76 bits per heavy atom. The Kier molecular flexibility index (Phi) is 5.68. The van der Waals surface area contributed by atoms with Crippen LogP contribution in [0.15, 0.2) is 102 Å². The highest BCUT2D eigenvalue weighted by atomic mass is 14.8. The van der Waals surface area contributed by atoms with Gasteiger partial charge in [-0.25, -0.2) is 0 Å². The largest absolute Gasteiger partial charge is 0.398 e. The van der Waals surface area contributed by atoms with Gasteiger partial charge in [-0.15, -0.1) is 0 Å². The van der Waals surface area contributed by atoms with Gasteiger partial charge in [0.1, 0.15) is 0 Å². The average Bonchev–Trinajstić information content (AvgIpc) is 3.10. The van der Waals surface area contributed by atoms with E-state index in [9.17, 15) is 0 Å². The van der Waals surface area contributed by atoms with Gasteiger partial charge in [0.05, 0.1) is 22.8 Å². The zero-order valence-electron chi connectivity index (χ0n) is 19.3. The molecule has 5 rings (SSSR count). The van der Waals surface area contributed by atoms with E-state index in [4.69, 9.17) is 11.1 Å². The number of H-pyrrole nitrogens is 1. The van der Waals surface area contributed by atoms with Crippen molar-refractivity contribution in [2.75, 3.05) is 0 Å². The third-order valence-electron chi connectivity index (χ3n) is 6.12. The third-order valence-corrected chi connectivity index (χ3v) is 6.12. The van der Waals surface area contributed by atoms with Crippen molar-refractivity contribution >= 4 is 16.9 Å². The van der Waals surface area contributed by atoms with E-state index in [0.29, 0.717) is 17.0 Å². The van der Waals surface area contributed by atoms with Crippen LogP contribution in [0.1, 0.15) is 42.2 Å². The van der Waals surface area contributed by atoms with E-state index in [0.717, 1.165) is 45.9 Å². The van der Waals surface area contributed by atoms with Gasteiger partial charge in [0, 0.05) is 46.9 Å². The maximum absolute atomic E-state index is 9.11. The molecule has 168 valence electrons. The van der Waals surface area contributed by atoms with Crippen molar-refractivity contribution in [2.24, 2.45) is 11.7 Å². The van der Waals surface area contributed by atoms with E-state index in [1.807, 2.05) is 48.6 Å². The number of allylic oxidation sites excluding steroid dienone is 8. The van der Waals surface area contributed by atoms with Crippen LogP contribution < -0.4 is 5.73 Å². The zero-order valence-corrected chi connectivity index (χ0v) is 19.3. The first kappa shape index (κ1) is 21.6. The molecular weight excluding hydrogens is 418 g/mol. The predicted octanol–water partition coefficient (Wildman–Crippen LogP) is 5.61. The fraction of sp³-hybridized carbons (Fsp3) is 0.138. The maximum Gasteiger partial charge on any atom is 0.0867 e. The summed E-state index contributed by atoms with van der Waals surface area (Å²) in [6, 6.07) is 13.8. The van der Waals surface area contributed by atoms with Crippen molar-refractivity contribution in [3.8, 4) is 0 Å². The van der Waals surface area contributed by atoms with E-state index in [1.165, 1.54) is 5.57 Å². The number of nitrogens with two attached hydrogens (primary N) is 1. The lowest BCUT2D eigenvalue weighted by molar-refractivity contribution is 0.931. The Morgan fingerprint density at radius 1 is 1.03 bits per heavy atom. The Balaban J connectivity index is 1.57. The second-order valence-electron chi connectivity index (χ2n) is 8.81. The van der Waals surface area contributed by atoms with Crippen LogP contribution in [0.2, 0.25) is 0 Å². The second kappa shape index (κ2) is 8.94. The van der Waals surface area contributed by atoms with Crippen LogP contribution in [0.3, 0.4) is 0 Å². The van der Waals surface area contributed by atoms with Crippen LogP contribution in [-0.4, -0.2) is 20.7 Å². The number of nitrogens with one attached hydrogen (secondary N) is 2. The van der Waals surface area contributed by atoms with Crippen molar-refractivity contribution in [3.63, 3.8) is 0 Å². The first-order chi connectivity index (χ1) is 16.5. The first-order valence-corrected chi connectivity index (χ1v) is 11.4. The minimum Gasteiger partial charge on any atom is -0.398 e. The van der Waals surface area contributed by atoms with Crippen molar-refractivity contribution in [1.29, 1.82) is 5.41 Å². The van der Waals surface area contributed by atoms with Crippen LogP contribution in [0, 0.1) is 11.3 Å². The Morgan fingerprint density at radius 3 is 2.47 bits per heavy atom. The summed E-state index contributed by atoms with van der Waals surface area (Å²) in [6.07, 6.45) is 14.7. The van der Waals surface area contributed by atoms with Gasteiger partial charge < -0.3 is 10.7 Å². The molecule has 0 radical (unpaired) electrons. The highest BCUT2D eigenvalue weighted by Gasteiger charge is 2.22. The summed E-state index contributed by atoms with van der Waals surface area (Å²) < 4.78 is 0. The minimum absolute atomic E-state index is 0.130. The van der Waals surface area contributed by atoms with Gasteiger partial charge in [-0.1, -0.05) is 48.9 Å². The molecule has 0 unspecified atom stereocenters. The van der Waals surface area contributed by atoms with Crippen molar-refractivity contribution in [1.82, 2.24) is 15.0 Å². The molecule has 5 heteroatoms. The number of hydrogen-bond donors (Lipinski definition) is 3. The fourth-order valence-electron chi connectivity index (χ4n) is 4.46. The number of pyridine rings is 2. The van der Waals surface area contributed by atoms with Crippen molar-refractivity contribution in [3.05, 3.63) is 130 Å². The van der Waals surface area contributed by atoms with Crippen molar-refractivity contribution in [2.45, 2.75) is 20.3 Å². The molecule has 0 saturated carbocycles. The van der Waals surface area contributed by atoms with Gasteiger partial charge in [0.25, 0.3) is 0 Å². The first-order valence-electron chi connectivity index (χ1n) is 11.4. The molecule has 0 fully saturated rings. The summed E-state index contributed by atoms with van der Waals surface area (Å²) >= 11 is 0. The molecule has 3 aromatic rings. The van der Waals surface area contributed by atoms with E-state index >= 15 is 0 Å². The summed E-state index contributed by atoms with van der Waals surface area (Å²) in [7, 11) is 0. The molecule has 0 amide bonds. The standard InChI is InChI=1S/C29H27N5/c1-18-9-10-21(26-8-4-6-12-33-26)22-17-28(34-27(22)15-18)29(31)23-16-20(13-19(2)14-24(23)30)25-7-3-5-11-32-25/h3-14,16-17,19,31,34H,15,30H2,1-2H3/t19-/m0/s1. The molecule has 0 saturated heterocycles. The van der Waals surface area contributed by atoms with Crippen LogP contribution in [0.25, 0.3) is 11.1 Å². The minimum atomic E-state index is 0.130. The Hall–Kier alpha value is -4.25. The van der Waals surface area contributed by atoms with Gasteiger partial charge in [-0.3, -0.25) is 15.4 Å². The summed E-state index contributed by atoms with van der Waals surface area (Å²) in [6.45, 7) is 4.21. The molecule has 0 aromatic carbocycles. The Labute approximate surface area is 199 Å². The van der Waals surface area contributed by atoms with E-state index in [2.05, 4.69) is 53.1 Å². The van der Waals surface area contributed by atoms with E-state index in [1.54, 1.807) is 12.4 Å². The monoisotopic (exact) mass is 445 g/mol. The van der Waals surface area contributed by atoms with Gasteiger partial charge in [-0.05, 0) is 54.8 Å². The van der Waals surface area contributed by atoms with Gasteiger partial charge >= 0.3 is 0 Å². The summed E-state index contributed by atoms with van der Waals surface area (Å²) in [5, 5.41) is 9.11. The third kappa shape index (κ3) is 4.20. The number of nitrogens with zero attached hydrogens (tertiary/aromatic N) is 2. The van der Waals surface area contributed by atoms with Crippen LogP contribution in [0.5, 0.6) is 0 Å².